The van der Waals surface area contributed by atoms with Gasteiger partial charge >= 0.3 is 0 Å². The van der Waals surface area contributed by atoms with Gasteiger partial charge in [0.25, 0.3) is 5.91 Å². The Labute approximate surface area is 109 Å². The van der Waals surface area contributed by atoms with Crippen LogP contribution >= 0.6 is 15.9 Å². The van der Waals surface area contributed by atoms with Crippen molar-refractivity contribution in [1.82, 2.24) is 4.90 Å². The first-order valence-corrected chi connectivity index (χ1v) is 6.42. The maximum absolute atomic E-state index is 11.8. The van der Waals surface area contributed by atoms with E-state index in [2.05, 4.69) is 15.9 Å². The van der Waals surface area contributed by atoms with Crippen LogP contribution in [0.5, 0.6) is 5.75 Å². The van der Waals surface area contributed by atoms with Crippen molar-refractivity contribution in [3.05, 3.63) is 22.7 Å². The lowest BCUT2D eigenvalue weighted by Crippen LogP contribution is -2.32. The molecular weight excluding hydrogens is 284 g/mol. The van der Waals surface area contributed by atoms with Crippen LogP contribution < -0.4 is 10.5 Å². The molecule has 1 aliphatic heterocycles. The summed E-state index contributed by atoms with van der Waals surface area (Å²) in [5.41, 5.74) is 6.32. The Bertz CT molecular complexity index is 397. The summed E-state index contributed by atoms with van der Waals surface area (Å²) in [6.45, 7) is 1.73. The second-order valence-corrected chi connectivity index (χ2v) is 4.89. The normalized spacial score (nSPS) is 15.0. The molecule has 1 aliphatic rings. The molecule has 0 radical (unpaired) electrons. The monoisotopic (exact) mass is 298 g/mol. The van der Waals surface area contributed by atoms with Crippen LogP contribution in [-0.2, 0) is 4.79 Å². The Kier molecular flexibility index (Phi) is 3.89. The molecule has 0 saturated carbocycles. The number of anilines is 1. The number of ether oxygens (including phenoxy) is 1. The minimum atomic E-state index is 0.0256. The minimum absolute atomic E-state index is 0.0256. The van der Waals surface area contributed by atoms with E-state index in [0.717, 1.165) is 30.4 Å². The summed E-state index contributed by atoms with van der Waals surface area (Å²) in [5.74, 6) is 0.567. The highest BCUT2D eigenvalue weighted by molar-refractivity contribution is 9.10. The molecule has 1 amide bonds. The zero-order chi connectivity index (χ0) is 12.3. The zero-order valence-electron chi connectivity index (χ0n) is 9.49. The lowest BCUT2D eigenvalue weighted by molar-refractivity contribution is -0.132. The number of hydrogen-bond acceptors (Lipinski definition) is 3. The predicted molar refractivity (Wildman–Crippen MR) is 69.9 cm³/mol. The number of carbonyl (C=O) groups is 1. The van der Waals surface area contributed by atoms with Crippen molar-refractivity contribution in [3.63, 3.8) is 0 Å². The molecule has 1 aromatic carbocycles. The lowest BCUT2D eigenvalue weighted by atomic mass is 10.3. The van der Waals surface area contributed by atoms with Gasteiger partial charge in [-0.1, -0.05) is 6.07 Å². The second-order valence-electron chi connectivity index (χ2n) is 4.03. The van der Waals surface area contributed by atoms with Gasteiger partial charge in [0.1, 0.15) is 0 Å². The number of nitrogens with zero attached hydrogens (tertiary/aromatic N) is 1. The van der Waals surface area contributed by atoms with Crippen LogP contribution in [0.15, 0.2) is 22.7 Å². The molecule has 2 rings (SSSR count). The van der Waals surface area contributed by atoms with E-state index in [0.29, 0.717) is 11.4 Å². The van der Waals surface area contributed by atoms with Crippen molar-refractivity contribution in [2.45, 2.75) is 12.8 Å². The molecule has 17 heavy (non-hydrogen) atoms. The first-order valence-electron chi connectivity index (χ1n) is 5.63. The summed E-state index contributed by atoms with van der Waals surface area (Å²) >= 11 is 3.35. The van der Waals surface area contributed by atoms with Gasteiger partial charge in [0.15, 0.2) is 12.4 Å². The van der Waals surface area contributed by atoms with E-state index in [-0.39, 0.29) is 12.5 Å². The summed E-state index contributed by atoms with van der Waals surface area (Å²) in [7, 11) is 0. The van der Waals surface area contributed by atoms with Crippen LogP contribution in [0.2, 0.25) is 0 Å². The fraction of sp³-hybridized carbons (Fsp3) is 0.417. The number of carbonyl (C=O) groups excluding carboxylic acids is 1. The van der Waals surface area contributed by atoms with Gasteiger partial charge in [-0.2, -0.15) is 0 Å². The second kappa shape index (κ2) is 5.40. The molecule has 5 heteroatoms. The van der Waals surface area contributed by atoms with E-state index in [1.54, 1.807) is 6.07 Å². The van der Waals surface area contributed by atoms with Gasteiger partial charge in [-0.15, -0.1) is 0 Å². The third kappa shape index (κ3) is 2.91. The molecule has 0 spiro atoms. The Morgan fingerprint density at radius 1 is 1.41 bits per heavy atom. The number of nitrogen functional groups attached to an aromatic ring is 1. The highest BCUT2D eigenvalue weighted by Crippen LogP contribution is 2.30. The summed E-state index contributed by atoms with van der Waals surface area (Å²) in [4.78, 5) is 13.6. The third-order valence-electron chi connectivity index (χ3n) is 2.80. The van der Waals surface area contributed by atoms with Gasteiger partial charge in [-0.25, -0.2) is 0 Å². The van der Waals surface area contributed by atoms with Gasteiger partial charge in [-0.05, 0) is 40.9 Å². The maximum atomic E-state index is 11.8. The van der Waals surface area contributed by atoms with Crippen LogP contribution in [0.4, 0.5) is 5.69 Å². The number of likely N-dealkylation sites (tertiary alicyclic amines) is 1. The van der Waals surface area contributed by atoms with Crippen molar-refractivity contribution in [1.29, 1.82) is 0 Å². The maximum Gasteiger partial charge on any atom is 0.260 e. The highest BCUT2D eigenvalue weighted by Gasteiger charge is 2.18. The molecule has 1 saturated heterocycles. The number of nitrogens with two attached hydrogens (primary N) is 1. The average Bonchev–Trinajstić information content (AvgIpc) is 2.81. The van der Waals surface area contributed by atoms with Crippen molar-refractivity contribution in [2.75, 3.05) is 25.4 Å². The van der Waals surface area contributed by atoms with E-state index in [1.807, 2.05) is 17.0 Å². The third-order valence-corrected chi connectivity index (χ3v) is 3.42. The quantitative estimate of drug-likeness (QED) is 0.869. The summed E-state index contributed by atoms with van der Waals surface area (Å²) in [5, 5.41) is 0. The fourth-order valence-corrected chi connectivity index (χ4v) is 2.37. The van der Waals surface area contributed by atoms with Crippen LogP contribution in [0.3, 0.4) is 0 Å². The van der Waals surface area contributed by atoms with E-state index in [1.165, 1.54) is 0 Å². The number of halogens is 1. The molecule has 92 valence electrons. The van der Waals surface area contributed by atoms with Crippen molar-refractivity contribution >= 4 is 27.5 Å². The summed E-state index contributed by atoms with van der Waals surface area (Å²) in [6.07, 6.45) is 2.17. The van der Waals surface area contributed by atoms with Crippen molar-refractivity contribution < 1.29 is 9.53 Å². The lowest BCUT2D eigenvalue weighted by Gasteiger charge is -2.16. The van der Waals surface area contributed by atoms with Gasteiger partial charge < -0.3 is 15.4 Å². The number of rotatable bonds is 3. The van der Waals surface area contributed by atoms with Crippen molar-refractivity contribution in [3.8, 4) is 5.75 Å². The average molecular weight is 299 g/mol. The molecule has 1 aromatic rings. The molecule has 0 aromatic heterocycles. The number of amides is 1. The number of para-hydroxylation sites is 1. The van der Waals surface area contributed by atoms with E-state index >= 15 is 0 Å². The Hall–Kier alpha value is -1.23. The smallest absolute Gasteiger partial charge is 0.260 e. The molecule has 0 bridgehead atoms. The van der Waals surface area contributed by atoms with E-state index in [9.17, 15) is 4.79 Å². The Balaban J connectivity index is 1.95. The van der Waals surface area contributed by atoms with Crippen LogP contribution in [0.1, 0.15) is 12.8 Å². The zero-order valence-corrected chi connectivity index (χ0v) is 11.1. The molecular formula is C12H15BrN2O2. The first kappa shape index (κ1) is 12.2. The molecule has 1 fully saturated rings. The molecule has 0 atom stereocenters. The highest BCUT2D eigenvalue weighted by atomic mass is 79.9. The van der Waals surface area contributed by atoms with Gasteiger partial charge in [0.2, 0.25) is 0 Å². The summed E-state index contributed by atoms with van der Waals surface area (Å²) < 4.78 is 6.25. The van der Waals surface area contributed by atoms with Crippen LogP contribution in [-0.4, -0.2) is 30.5 Å². The topological polar surface area (TPSA) is 55.6 Å². The fourth-order valence-electron chi connectivity index (χ4n) is 1.87. The standard InChI is InChI=1S/C12H15BrN2O2/c13-9-4-3-5-10(14)12(9)17-8-11(16)15-6-1-2-7-15/h3-5H,1-2,6-8,14H2. The van der Waals surface area contributed by atoms with E-state index < -0.39 is 0 Å². The SMILES string of the molecule is Nc1cccc(Br)c1OCC(=O)N1CCCC1. The van der Waals surface area contributed by atoms with Gasteiger partial charge in [-0.3, -0.25) is 4.79 Å². The van der Waals surface area contributed by atoms with Crippen molar-refractivity contribution in [2.24, 2.45) is 0 Å². The minimum Gasteiger partial charge on any atom is -0.480 e. The molecule has 4 nitrogen and oxygen atoms in total. The van der Waals surface area contributed by atoms with E-state index in [4.69, 9.17) is 10.5 Å². The van der Waals surface area contributed by atoms with Gasteiger partial charge in [0.05, 0.1) is 10.2 Å². The molecule has 1 heterocycles. The molecule has 0 aliphatic carbocycles. The molecule has 2 N–H and O–H groups in total. The van der Waals surface area contributed by atoms with Crippen LogP contribution in [0.25, 0.3) is 0 Å². The largest absolute Gasteiger partial charge is 0.480 e. The Morgan fingerprint density at radius 2 is 2.12 bits per heavy atom. The van der Waals surface area contributed by atoms with Crippen LogP contribution in [0, 0.1) is 0 Å². The predicted octanol–water partition coefficient (Wildman–Crippen LogP) is 2.03. The first-order chi connectivity index (χ1) is 8.18. The number of hydrogen-bond donors (Lipinski definition) is 1. The number of benzene rings is 1. The Morgan fingerprint density at radius 3 is 2.76 bits per heavy atom. The summed E-state index contributed by atoms with van der Waals surface area (Å²) in [6, 6.07) is 5.42. The van der Waals surface area contributed by atoms with Gasteiger partial charge in [0, 0.05) is 13.1 Å². The molecule has 0 unspecified atom stereocenters.